The Balaban J connectivity index is 2.10. The number of nitrogens with one attached hydrogen (secondary N) is 1. The number of aryl methyl sites for hydroxylation is 1. The number of rotatable bonds is 3. The van der Waals surface area contributed by atoms with Gasteiger partial charge >= 0.3 is 0 Å². The Morgan fingerprint density at radius 1 is 1.11 bits per heavy atom. The van der Waals surface area contributed by atoms with Crippen molar-refractivity contribution in [3.63, 3.8) is 0 Å². The van der Waals surface area contributed by atoms with Gasteiger partial charge in [0.25, 0.3) is 0 Å². The van der Waals surface area contributed by atoms with E-state index in [1.165, 1.54) is 21.9 Å². The third kappa shape index (κ3) is 1.99. The summed E-state index contributed by atoms with van der Waals surface area (Å²) in [6.07, 6.45) is 2.00. The first-order chi connectivity index (χ1) is 8.88. The summed E-state index contributed by atoms with van der Waals surface area (Å²) in [5, 5.41) is 6.11. The van der Waals surface area contributed by atoms with Crippen LogP contribution in [0.4, 0.5) is 0 Å². The zero-order chi connectivity index (χ0) is 12.4. The molecule has 0 saturated carbocycles. The lowest BCUT2D eigenvalue weighted by molar-refractivity contribution is 0.953. The van der Waals surface area contributed by atoms with Crippen LogP contribution in [0.2, 0.25) is 0 Å². The van der Waals surface area contributed by atoms with E-state index in [1.807, 2.05) is 0 Å². The van der Waals surface area contributed by atoms with Gasteiger partial charge in [0.15, 0.2) is 0 Å². The highest BCUT2D eigenvalue weighted by atomic mass is 15.1. The van der Waals surface area contributed by atoms with Gasteiger partial charge in [0.2, 0.25) is 0 Å². The minimum atomic E-state index is 0.917. The molecule has 2 aromatic rings. The Labute approximate surface area is 108 Å². The van der Waals surface area contributed by atoms with Crippen LogP contribution >= 0.6 is 0 Å². The van der Waals surface area contributed by atoms with Crippen LogP contribution < -0.4 is 5.32 Å². The molecule has 3 rings (SSSR count). The molecule has 0 fully saturated rings. The van der Waals surface area contributed by atoms with Crippen LogP contribution in [0.3, 0.4) is 0 Å². The third-order valence-corrected chi connectivity index (χ3v) is 3.56. The van der Waals surface area contributed by atoms with E-state index in [4.69, 9.17) is 0 Å². The average Bonchev–Trinajstić information content (AvgIpc) is 2.91. The molecule has 2 nitrogen and oxygen atoms in total. The molecule has 0 aromatic heterocycles. The summed E-state index contributed by atoms with van der Waals surface area (Å²) in [5.74, 6) is 1.13. The summed E-state index contributed by atoms with van der Waals surface area (Å²) in [6.45, 7) is 4.12. The highest BCUT2D eigenvalue weighted by Crippen LogP contribution is 2.24. The quantitative estimate of drug-likeness (QED) is 0.873. The van der Waals surface area contributed by atoms with Crippen molar-refractivity contribution in [3.8, 4) is 0 Å². The maximum atomic E-state index is 4.50. The van der Waals surface area contributed by atoms with Gasteiger partial charge in [-0.05, 0) is 28.3 Å². The molecule has 92 valence electrons. The van der Waals surface area contributed by atoms with Crippen LogP contribution in [0.25, 0.3) is 10.8 Å². The Kier molecular flexibility index (Phi) is 3.01. The molecule has 1 N–H and O–H groups in total. The maximum absolute atomic E-state index is 4.50. The van der Waals surface area contributed by atoms with Crippen LogP contribution in [0.5, 0.6) is 0 Å². The predicted molar refractivity (Wildman–Crippen MR) is 77.3 cm³/mol. The predicted octanol–water partition coefficient (Wildman–Crippen LogP) is 2.95. The number of amidine groups is 1. The summed E-state index contributed by atoms with van der Waals surface area (Å²) >= 11 is 0. The van der Waals surface area contributed by atoms with Gasteiger partial charge in [0.05, 0.1) is 6.54 Å². The number of nitrogens with zero attached hydrogens (tertiary/aromatic N) is 1. The van der Waals surface area contributed by atoms with Crippen molar-refractivity contribution in [1.82, 2.24) is 5.32 Å². The number of aliphatic imine (C=N–C) groups is 1. The molecule has 2 heteroatoms. The van der Waals surface area contributed by atoms with E-state index in [9.17, 15) is 0 Å². The second kappa shape index (κ2) is 4.81. The van der Waals surface area contributed by atoms with E-state index in [0.717, 1.165) is 31.8 Å². The van der Waals surface area contributed by atoms with E-state index in [1.54, 1.807) is 0 Å². The first-order valence-corrected chi connectivity index (χ1v) is 6.65. The minimum Gasteiger partial charge on any atom is -0.372 e. The summed E-state index contributed by atoms with van der Waals surface area (Å²) in [6, 6.07) is 13.1. The van der Waals surface area contributed by atoms with Gasteiger partial charge in [0.1, 0.15) is 5.84 Å². The van der Waals surface area contributed by atoms with Crippen LogP contribution in [0.15, 0.2) is 41.4 Å². The minimum absolute atomic E-state index is 0.917. The molecule has 0 spiro atoms. The highest BCUT2D eigenvalue weighted by Gasteiger charge is 2.10. The topological polar surface area (TPSA) is 24.4 Å². The van der Waals surface area contributed by atoms with Crippen LogP contribution in [-0.4, -0.2) is 18.9 Å². The van der Waals surface area contributed by atoms with Gasteiger partial charge in [0, 0.05) is 13.0 Å². The third-order valence-electron chi connectivity index (χ3n) is 3.56. The zero-order valence-electron chi connectivity index (χ0n) is 10.7. The Morgan fingerprint density at radius 3 is 2.56 bits per heavy atom. The number of benzene rings is 2. The van der Waals surface area contributed by atoms with Gasteiger partial charge in [-0.25, -0.2) is 0 Å². The van der Waals surface area contributed by atoms with Gasteiger partial charge in [-0.1, -0.05) is 43.3 Å². The smallest absolute Gasteiger partial charge is 0.101 e. The van der Waals surface area contributed by atoms with Crippen LogP contribution in [0.1, 0.15) is 18.1 Å². The molecular weight excluding hydrogens is 220 g/mol. The molecule has 1 aliphatic rings. The molecule has 0 bridgehead atoms. The van der Waals surface area contributed by atoms with Crippen molar-refractivity contribution in [2.75, 3.05) is 13.1 Å². The fraction of sp³-hybridized carbons (Fsp3) is 0.312. The normalized spacial score (nSPS) is 14.6. The molecule has 1 aliphatic heterocycles. The number of fused-ring (bicyclic) bond motifs is 1. The summed E-state index contributed by atoms with van der Waals surface area (Å²) in [4.78, 5) is 4.50. The second-order valence-electron chi connectivity index (χ2n) is 4.72. The van der Waals surface area contributed by atoms with Crippen molar-refractivity contribution in [2.24, 2.45) is 4.99 Å². The maximum Gasteiger partial charge on any atom is 0.101 e. The van der Waals surface area contributed by atoms with Gasteiger partial charge in [-0.15, -0.1) is 0 Å². The molecule has 2 aromatic carbocycles. The van der Waals surface area contributed by atoms with Crippen LogP contribution in [-0.2, 0) is 12.8 Å². The van der Waals surface area contributed by atoms with Crippen molar-refractivity contribution in [3.05, 3.63) is 47.5 Å². The van der Waals surface area contributed by atoms with Gasteiger partial charge in [-0.2, -0.15) is 0 Å². The van der Waals surface area contributed by atoms with Crippen molar-refractivity contribution >= 4 is 16.6 Å². The molecular formula is C16H18N2. The van der Waals surface area contributed by atoms with E-state index in [-0.39, 0.29) is 0 Å². The molecule has 0 atom stereocenters. The largest absolute Gasteiger partial charge is 0.372 e. The summed E-state index contributed by atoms with van der Waals surface area (Å²) in [5.41, 5.74) is 2.82. The molecule has 18 heavy (non-hydrogen) atoms. The zero-order valence-corrected chi connectivity index (χ0v) is 10.7. The fourth-order valence-corrected chi connectivity index (χ4v) is 2.69. The first kappa shape index (κ1) is 11.3. The number of hydrogen-bond acceptors (Lipinski definition) is 2. The molecule has 0 radical (unpaired) electrons. The lowest BCUT2D eigenvalue weighted by Crippen LogP contribution is -2.20. The Hall–Kier alpha value is -1.83. The molecule has 0 amide bonds. The van der Waals surface area contributed by atoms with Gasteiger partial charge in [-0.3, -0.25) is 4.99 Å². The summed E-state index contributed by atoms with van der Waals surface area (Å²) in [7, 11) is 0. The molecule has 1 heterocycles. The molecule has 0 aliphatic carbocycles. The highest BCUT2D eigenvalue weighted by molar-refractivity contribution is 5.94. The SMILES string of the molecule is CCc1cccc2cccc(CC3=NCCN3)c12. The summed E-state index contributed by atoms with van der Waals surface area (Å²) < 4.78 is 0. The van der Waals surface area contributed by atoms with Crippen molar-refractivity contribution in [2.45, 2.75) is 19.8 Å². The Bertz CT molecular complexity index is 594. The van der Waals surface area contributed by atoms with E-state index in [2.05, 4.69) is 53.6 Å². The lowest BCUT2D eigenvalue weighted by atomic mass is 9.96. The van der Waals surface area contributed by atoms with E-state index in [0.29, 0.717) is 0 Å². The van der Waals surface area contributed by atoms with E-state index < -0.39 is 0 Å². The van der Waals surface area contributed by atoms with Crippen LogP contribution in [0, 0.1) is 0 Å². The average molecular weight is 238 g/mol. The lowest BCUT2D eigenvalue weighted by Gasteiger charge is -2.11. The van der Waals surface area contributed by atoms with Gasteiger partial charge < -0.3 is 5.32 Å². The molecule has 0 saturated heterocycles. The first-order valence-electron chi connectivity index (χ1n) is 6.65. The standard InChI is InChI=1S/C16H18N2/c1-2-12-5-3-6-13-7-4-8-14(16(12)13)11-15-17-9-10-18-15/h3-8H,2,9-11H2,1H3,(H,17,18). The number of hydrogen-bond donors (Lipinski definition) is 1. The molecule has 0 unspecified atom stereocenters. The monoisotopic (exact) mass is 238 g/mol. The fourth-order valence-electron chi connectivity index (χ4n) is 2.69. The van der Waals surface area contributed by atoms with E-state index >= 15 is 0 Å². The van der Waals surface area contributed by atoms with Crippen molar-refractivity contribution in [1.29, 1.82) is 0 Å². The Morgan fingerprint density at radius 2 is 1.89 bits per heavy atom. The van der Waals surface area contributed by atoms with Crippen molar-refractivity contribution < 1.29 is 0 Å². The second-order valence-corrected chi connectivity index (χ2v) is 4.72.